The molecule has 0 radical (unpaired) electrons. The summed E-state index contributed by atoms with van der Waals surface area (Å²) >= 11 is 7.21. The molecule has 7 heavy (non-hydrogen) atoms. The molecule has 0 saturated heterocycles. The normalized spacial score (nSPS) is 14.1. The van der Waals surface area contributed by atoms with E-state index < -0.39 is 6.10 Å². The molecule has 1 unspecified atom stereocenters. The summed E-state index contributed by atoms with van der Waals surface area (Å²) in [7, 11) is 0. The van der Waals surface area contributed by atoms with Crippen molar-refractivity contribution in [2.75, 3.05) is 12.4 Å². The molecule has 44 valence electrons. The maximum Gasteiger partial charge on any atom is 0.0878 e. The van der Waals surface area contributed by atoms with Crippen molar-refractivity contribution in [2.45, 2.75) is 6.10 Å². The fourth-order valence-corrected chi connectivity index (χ4v) is 0.416. The second-order valence-corrected chi connectivity index (χ2v) is 1.76. The molecule has 1 N–H and O–H groups in total. The molecule has 0 aliphatic carbocycles. The Morgan fingerprint density at radius 2 is 2.29 bits per heavy atom. The molecule has 0 aliphatic rings. The Balaban J connectivity index is 2.83. The van der Waals surface area contributed by atoms with E-state index in [0.717, 1.165) is 0 Å². The minimum Gasteiger partial charge on any atom is -0.390 e. The lowest BCUT2D eigenvalue weighted by atomic mass is 10.4. The summed E-state index contributed by atoms with van der Waals surface area (Å²) in [5.74, 6) is 0.417. The first kappa shape index (κ1) is 7.62. The standard InChI is InChI=1S/C3H8O2S2/c4-3(2-6)1-5-7/h3-4,6-7H,1-2H2. The summed E-state index contributed by atoms with van der Waals surface area (Å²) in [4.78, 5) is 0. The lowest BCUT2D eigenvalue weighted by Crippen LogP contribution is -2.13. The molecule has 0 aromatic heterocycles. The summed E-state index contributed by atoms with van der Waals surface area (Å²) in [6.07, 6.45) is -0.485. The quantitative estimate of drug-likeness (QED) is 0.384. The molecular formula is C3H8O2S2. The van der Waals surface area contributed by atoms with Crippen LogP contribution in [0, 0.1) is 0 Å². The Hall–Kier alpha value is 0.620. The maximum atomic E-state index is 8.61. The summed E-state index contributed by atoms with van der Waals surface area (Å²) in [5.41, 5.74) is 0. The van der Waals surface area contributed by atoms with Crippen LogP contribution in [0.1, 0.15) is 0 Å². The van der Waals surface area contributed by atoms with E-state index in [4.69, 9.17) is 5.11 Å². The first-order chi connectivity index (χ1) is 3.31. The third-order valence-corrected chi connectivity index (χ3v) is 1.05. The highest BCUT2D eigenvalue weighted by Gasteiger charge is 1.96. The van der Waals surface area contributed by atoms with Crippen LogP contribution in [0.3, 0.4) is 0 Å². The third kappa shape index (κ3) is 4.47. The van der Waals surface area contributed by atoms with Crippen molar-refractivity contribution in [3.8, 4) is 0 Å². The molecule has 0 saturated carbocycles. The first-order valence-corrected chi connectivity index (χ1v) is 2.86. The highest BCUT2D eigenvalue weighted by molar-refractivity contribution is 7.80. The number of hydrogen-bond acceptors (Lipinski definition) is 4. The van der Waals surface area contributed by atoms with Gasteiger partial charge in [-0.05, 0) is 12.9 Å². The molecule has 4 heteroatoms. The Kier molecular flexibility index (Phi) is 5.19. The average Bonchev–Trinajstić information content (AvgIpc) is 1.68. The van der Waals surface area contributed by atoms with Gasteiger partial charge < -0.3 is 9.29 Å². The van der Waals surface area contributed by atoms with Gasteiger partial charge in [0.05, 0.1) is 12.7 Å². The summed E-state index contributed by atoms with van der Waals surface area (Å²) in [5, 5.41) is 8.61. The molecule has 0 amide bonds. The van der Waals surface area contributed by atoms with Gasteiger partial charge in [-0.15, -0.1) is 0 Å². The zero-order valence-electron chi connectivity index (χ0n) is 3.74. The van der Waals surface area contributed by atoms with E-state index >= 15 is 0 Å². The molecule has 1 atom stereocenters. The van der Waals surface area contributed by atoms with Gasteiger partial charge in [-0.1, -0.05) is 0 Å². The zero-order chi connectivity index (χ0) is 5.70. The van der Waals surface area contributed by atoms with E-state index in [1.54, 1.807) is 0 Å². The van der Waals surface area contributed by atoms with Gasteiger partial charge in [0.1, 0.15) is 0 Å². The molecule has 0 aromatic carbocycles. The molecule has 0 aliphatic heterocycles. The lowest BCUT2D eigenvalue weighted by Gasteiger charge is -2.01. The number of aliphatic hydroxyl groups excluding tert-OH is 1. The predicted molar refractivity (Wildman–Crippen MR) is 34.8 cm³/mol. The minimum atomic E-state index is -0.485. The van der Waals surface area contributed by atoms with Gasteiger partial charge in [0.2, 0.25) is 0 Å². The smallest absolute Gasteiger partial charge is 0.0878 e. The molecule has 2 nitrogen and oxygen atoms in total. The second kappa shape index (κ2) is 4.77. The van der Waals surface area contributed by atoms with Gasteiger partial charge in [0.15, 0.2) is 0 Å². The molecule has 0 spiro atoms. The molecule has 0 fully saturated rings. The zero-order valence-corrected chi connectivity index (χ0v) is 5.53. The first-order valence-electron chi connectivity index (χ1n) is 1.86. The highest BCUT2D eigenvalue weighted by atomic mass is 32.1. The van der Waals surface area contributed by atoms with Crippen LogP contribution in [0.15, 0.2) is 0 Å². The fraction of sp³-hybridized carbons (Fsp3) is 1.00. The maximum absolute atomic E-state index is 8.61. The summed E-state index contributed by atoms with van der Waals surface area (Å²) in [6, 6.07) is 0. The predicted octanol–water partition coefficient (Wildman–Crippen LogP) is 0.139. The van der Waals surface area contributed by atoms with Crippen molar-refractivity contribution in [1.29, 1.82) is 0 Å². The van der Waals surface area contributed by atoms with E-state index in [-0.39, 0.29) is 6.61 Å². The average molecular weight is 140 g/mol. The van der Waals surface area contributed by atoms with Crippen LogP contribution in [0.5, 0.6) is 0 Å². The van der Waals surface area contributed by atoms with E-state index in [0.29, 0.717) is 5.75 Å². The van der Waals surface area contributed by atoms with E-state index in [9.17, 15) is 0 Å². The second-order valence-electron chi connectivity index (χ2n) is 1.13. The third-order valence-electron chi connectivity index (χ3n) is 0.478. The monoisotopic (exact) mass is 140 g/mol. The van der Waals surface area contributed by atoms with Crippen molar-refractivity contribution in [2.24, 2.45) is 0 Å². The minimum absolute atomic E-state index is 0.243. The molecule has 0 rings (SSSR count). The van der Waals surface area contributed by atoms with Gasteiger partial charge in [0, 0.05) is 5.75 Å². The highest BCUT2D eigenvalue weighted by Crippen LogP contribution is 1.88. The van der Waals surface area contributed by atoms with Crippen molar-refractivity contribution in [3.63, 3.8) is 0 Å². The van der Waals surface area contributed by atoms with Crippen molar-refractivity contribution >= 4 is 25.5 Å². The van der Waals surface area contributed by atoms with Gasteiger partial charge in [-0.25, -0.2) is 0 Å². The van der Waals surface area contributed by atoms with Crippen LogP contribution in [-0.2, 0) is 4.18 Å². The molecule has 0 heterocycles. The Morgan fingerprint density at radius 1 is 1.71 bits per heavy atom. The molecule has 0 aromatic rings. The fourth-order valence-electron chi connectivity index (χ4n) is 0.139. The van der Waals surface area contributed by atoms with Crippen LogP contribution in [-0.4, -0.2) is 23.6 Å². The van der Waals surface area contributed by atoms with E-state index in [1.807, 2.05) is 0 Å². The summed E-state index contributed by atoms with van der Waals surface area (Å²) in [6.45, 7) is 0.243. The largest absolute Gasteiger partial charge is 0.390 e. The van der Waals surface area contributed by atoms with Crippen molar-refractivity contribution in [1.82, 2.24) is 0 Å². The topological polar surface area (TPSA) is 29.5 Å². The van der Waals surface area contributed by atoms with Crippen molar-refractivity contribution < 1.29 is 9.29 Å². The number of thiol groups is 2. The van der Waals surface area contributed by atoms with Crippen LogP contribution < -0.4 is 0 Å². The lowest BCUT2D eigenvalue weighted by molar-refractivity contribution is 0.141. The SMILES string of the molecule is OC(CS)COS. The van der Waals surface area contributed by atoms with Gasteiger partial charge in [-0.2, -0.15) is 12.6 Å². The van der Waals surface area contributed by atoms with Gasteiger partial charge in [-0.3, -0.25) is 0 Å². The van der Waals surface area contributed by atoms with Crippen LogP contribution >= 0.6 is 25.5 Å². The molecular weight excluding hydrogens is 132 g/mol. The van der Waals surface area contributed by atoms with Gasteiger partial charge in [0.25, 0.3) is 0 Å². The Bertz CT molecular complexity index is 41.9. The Labute approximate surface area is 53.9 Å². The Morgan fingerprint density at radius 3 is 2.43 bits per heavy atom. The van der Waals surface area contributed by atoms with Crippen molar-refractivity contribution in [3.05, 3.63) is 0 Å². The van der Waals surface area contributed by atoms with Gasteiger partial charge >= 0.3 is 0 Å². The molecule has 0 bridgehead atoms. The number of rotatable bonds is 3. The number of aliphatic hydroxyl groups is 1. The van der Waals surface area contributed by atoms with E-state index in [2.05, 4.69) is 29.7 Å². The van der Waals surface area contributed by atoms with Crippen LogP contribution in [0.4, 0.5) is 0 Å². The number of hydrogen-bond donors (Lipinski definition) is 3. The van der Waals surface area contributed by atoms with Crippen LogP contribution in [0.25, 0.3) is 0 Å². The van der Waals surface area contributed by atoms with Crippen LogP contribution in [0.2, 0.25) is 0 Å². The van der Waals surface area contributed by atoms with E-state index in [1.165, 1.54) is 0 Å². The summed E-state index contributed by atoms with van der Waals surface area (Å²) < 4.78 is 4.29.